The summed E-state index contributed by atoms with van der Waals surface area (Å²) in [5.41, 5.74) is 2.36. The number of benzene rings is 2. The maximum Gasteiger partial charge on any atom is 0.261 e. The molecule has 0 aliphatic carbocycles. The Labute approximate surface area is 155 Å². The lowest BCUT2D eigenvalue weighted by Gasteiger charge is -2.17. The number of hydrogen-bond acceptors (Lipinski definition) is 2. The molecule has 25 heavy (non-hydrogen) atoms. The van der Waals surface area contributed by atoms with Crippen LogP contribution in [0.4, 0.5) is 0 Å². The van der Waals surface area contributed by atoms with Gasteiger partial charge in [-0.25, -0.2) is 0 Å². The predicted octanol–water partition coefficient (Wildman–Crippen LogP) is 4.81. The van der Waals surface area contributed by atoms with Crippen LogP contribution in [-0.2, 0) is 17.6 Å². The molecule has 0 bridgehead atoms. The normalized spacial score (nSPS) is 11.8. The average molecular weight is 360 g/mol. The van der Waals surface area contributed by atoms with Gasteiger partial charge in [-0.2, -0.15) is 0 Å². The Kier molecular flexibility index (Phi) is 7.80. The van der Waals surface area contributed by atoms with Gasteiger partial charge in [0.25, 0.3) is 5.91 Å². The predicted molar refractivity (Wildman–Crippen MR) is 103 cm³/mol. The fraction of sp³-hybridized carbons (Fsp3) is 0.381. The van der Waals surface area contributed by atoms with E-state index in [9.17, 15) is 4.79 Å². The van der Waals surface area contributed by atoms with Crippen LogP contribution >= 0.6 is 11.6 Å². The second-order valence-corrected chi connectivity index (χ2v) is 6.41. The highest BCUT2D eigenvalue weighted by Gasteiger charge is 2.17. The average Bonchev–Trinajstić information content (AvgIpc) is 2.65. The van der Waals surface area contributed by atoms with Gasteiger partial charge in [-0.1, -0.05) is 55.8 Å². The van der Waals surface area contributed by atoms with E-state index in [1.807, 2.05) is 55.5 Å². The highest BCUT2D eigenvalue weighted by Crippen LogP contribution is 2.17. The number of hydrogen-bond donors (Lipinski definition) is 1. The first-order valence-corrected chi connectivity index (χ1v) is 9.28. The number of carbonyl (C=O) groups is 1. The first-order valence-electron chi connectivity index (χ1n) is 8.90. The van der Waals surface area contributed by atoms with Gasteiger partial charge >= 0.3 is 0 Å². The number of nitrogens with one attached hydrogen (secondary N) is 1. The van der Waals surface area contributed by atoms with E-state index in [-0.39, 0.29) is 5.91 Å². The van der Waals surface area contributed by atoms with Gasteiger partial charge in [-0.3, -0.25) is 4.79 Å². The molecular weight excluding hydrogens is 334 g/mol. The van der Waals surface area contributed by atoms with Crippen LogP contribution in [-0.4, -0.2) is 18.6 Å². The minimum Gasteiger partial charge on any atom is -0.481 e. The van der Waals surface area contributed by atoms with Crippen molar-refractivity contribution in [2.24, 2.45) is 0 Å². The summed E-state index contributed by atoms with van der Waals surface area (Å²) in [5, 5.41) is 3.74. The third-order valence-corrected chi connectivity index (χ3v) is 4.52. The lowest BCUT2D eigenvalue weighted by Crippen LogP contribution is -2.38. The summed E-state index contributed by atoms with van der Waals surface area (Å²) in [6, 6.07) is 15.7. The van der Waals surface area contributed by atoms with Crippen molar-refractivity contribution in [3.8, 4) is 5.75 Å². The Morgan fingerprint density at radius 1 is 1.12 bits per heavy atom. The number of aryl methyl sites for hydroxylation is 2. The van der Waals surface area contributed by atoms with E-state index in [1.165, 1.54) is 5.56 Å². The smallest absolute Gasteiger partial charge is 0.261 e. The van der Waals surface area contributed by atoms with Crippen LogP contribution in [0.2, 0.25) is 5.02 Å². The van der Waals surface area contributed by atoms with Crippen LogP contribution in [0.1, 0.15) is 37.8 Å². The van der Waals surface area contributed by atoms with E-state index in [0.29, 0.717) is 13.0 Å². The summed E-state index contributed by atoms with van der Waals surface area (Å²) in [5.74, 6) is 0.663. The maximum absolute atomic E-state index is 12.3. The molecule has 0 heterocycles. The van der Waals surface area contributed by atoms with E-state index < -0.39 is 6.10 Å². The summed E-state index contributed by atoms with van der Waals surface area (Å²) in [6.07, 6.45) is 2.84. The minimum absolute atomic E-state index is 0.0683. The van der Waals surface area contributed by atoms with E-state index in [1.54, 1.807) is 0 Å². The zero-order valence-electron chi connectivity index (χ0n) is 14.9. The van der Waals surface area contributed by atoms with Gasteiger partial charge in [0, 0.05) is 11.6 Å². The Hall–Kier alpha value is -2.00. The molecule has 0 aromatic heterocycles. The molecule has 4 heteroatoms. The van der Waals surface area contributed by atoms with Crippen LogP contribution in [0.15, 0.2) is 48.5 Å². The Balaban J connectivity index is 1.78. The quantitative estimate of drug-likeness (QED) is 0.652. The van der Waals surface area contributed by atoms with E-state index in [0.717, 1.165) is 35.6 Å². The fourth-order valence-electron chi connectivity index (χ4n) is 2.60. The van der Waals surface area contributed by atoms with Crippen molar-refractivity contribution in [2.45, 2.75) is 45.6 Å². The number of rotatable bonds is 9. The Bertz CT molecular complexity index is 670. The van der Waals surface area contributed by atoms with Crippen LogP contribution in [0.25, 0.3) is 0 Å². The van der Waals surface area contributed by atoms with Crippen LogP contribution in [0.5, 0.6) is 5.75 Å². The molecule has 1 atom stereocenters. The summed E-state index contributed by atoms with van der Waals surface area (Å²) < 4.78 is 5.83. The highest BCUT2D eigenvalue weighted by molar-refractivity contribution is 6.31. The molecule has 0 spiro atoms. The molecule has 134 valence electrons. The molecule has 3 nitrogen and oxygen atoms in total. The topological polar surface area (TPSA) is 38.3 Å². The minimum atomic E-state index is -0.465. The lowest BCUT2D eigenvalue weighted by atomic mass is 10.1. The Morgan fingerprint density at radius 2 is 1.84 bits per heavy atom. The largest absolute Gasteiger partial charge is 0.481 e. The van der Waals surface area contributed by atoms with E-state index in [2.05, 4.69) is 12.2 Å². The SMILES string of the molecule is CCc1ccc(O[C@@H](CC)C(=O)NCCCc2ccccc2Cl)cc1. The number of halogens is 1. The van der Waals surface area contributed by atoms with Gasteiger partial charge in [-0.05, 0) is 55.0 Å². The molecular formula is C21H26ClNO2. The molecule has 2 aromatic carbocycles. The molecule has 2 aromatic rings. The fourth-order valence-corrected chi connectivity index (χ4v) is 2.83. The summed E-state index contributed by atoms with van der Waals surface area (Å²) >= 11 is 6.14. The summed E-state index contributed by atoms with van der Waals surface area (Å²) in [4.78, 5) is 12.3. The first-order chi connectivity index (χ1) is 12.1. The number of carbonyl (C=O) groups excluding carboxylic acids is 1. The van der Waals surface area contributed by atoms with Crippen molar-refractivity contribution >= 4 is 17.5 Å². The van der Waals surface area contributed by atoms with Gasteiger partial charge in [0.05, 0.1) is 0 Å². The molecule has 2 rings (SSSR count). The van der Waals surface area contributed by atoms with Gasteiger partial charge in [0.1, 0.15) is 5.75 Å². The molecule has 0 aliphatic heterocycles. The van der Waals surface area contributed by atoms with Gasteiger partial charge in [0.15, 0.2) is 6.10 Å². The molecule has 0 saturated heterocycles. The number of amides is 1. The van der Waals surface area contributed by atoms with Crippen LogP contribution < -0.4 is 10.1 Å². The molecule has 0 aliphatic rings. The van der Waals surface area contributed by atoms with Crippen molar-refractivity contribution in [1.82, 2.24) is 5.32 Å². The monoisotopic (exact) mass is 359 g/mol. The first kappa shape index (κ1) is 19.3. The second kappa shape index (κ2) is 10.1. The van der Waals surface area contributed by atoms with Crippen LogP contribution in [0, 0.1) is 0 Å². The molecule has 0 fully saturated rings. The third kappa shape index (κ3) is 6.09. The van der Waals surface area contributed by atoms with Crippen molar-refractivity contribution in [1.29, 1.82) is 0 Å². The van der Waals surface area contributed by atoms with E-state index in [4.69, 9.17) is 16.3 Å². The van der Waals surface area contributed by atoms with Crippen molar-refractivity contribution in [2.75, 3.05) is 6.54 Å². The van der Waals surface area contributed by atoms with Gasteiger partial charge < -0.3 is 10.1 Å². The van der Waals surface area contributed by atoms with Gasteiger partial charge in [0.2, 0.25) is 0 Å². The number of ether oxygens (including phenoxy) is 1. The standard InChI is InChI=1S/C21H26ClNO2/c1-3-16-11-13-18(14-12-16)25-20(4-2)21(24)23-15-7-9-17-8-5-6-10-19(17)22/h5-6,8,10-14,20H,3-4,7,9,15H2,1-2H3,(H,23,24)/t20-/m0/s1. The summed E-state index contributed by atoms with van der Waals surface area (Å²) in [6.45, 7) is 4.67. The third-order valence-electron chi connectivity index (χ3n) is 4.15. The maximum atomic E-state index is 12.3. The summed E-state index contributed by atoms with van der Waals surface area (Å²) in [7, 11) is 0. The molecule has 1 amide bonds. The molecule has 0 radical (unpaired) electrons. The molecule has 1 N–H and O–H groups in total. The highest BCUT2D eigenvalue weighted by atomic mass is 35.5. The van der Waals surface area contributed by atoms with Crippen molar-refractivity contribution in [3.05, 3.63) is 64.7 Å². The molecule has 0 unspecified atom stereocenters. The Morgan fingerprint density at radius 3 is 2.48 bits per heavy atom. The molecule has 0 saturated carbocycles. The zero-order valence-corrected chi connectivity index (χ0v) is 15.7. The lowest BCUT2D eigenvalue weighted by molar-refractivity contribution is -0.128. The van der Waals surface area contributed by atoms with Crippen LogP contribution in [0.3, 0.4) is 0 Å². The van der Waals surface area contributed by atoms with Crippen molar-refractivity contribution < 1.29 is 9.53 Å². The zero-order chi connectivity index (χ0) is 18.1. The van der Waals surface area contributed by atoms with Gasteiger partial charge in [-0.15, -0.1) is 0 Å². The second-order valence-electron chi connectivity index (χ2n) is 6.00. The van der Waals surface area contributed by atoms with E-state index >= 15 is 0 Å². The van der Waals surface area contributed by atoms with Crippen molar-refractivity contribution in [3.63, 3.8) is 0 Å².